The first-order valence-corrected chi connectivity index (χ1v) is 10.3. The van der Waals surface area contributed by atoms with Crippen molar-refractivity contribution < 1.29 is 14.3 Å². The number of piperidine rings is 1. The zero-order valence-electron chi connectivity index (χ0n) is 17.7. The average molecular weight is 405 g/mol. The highest BCUT2D eigenvalue weighted by molar-refractivity contribution is 5.94. The molecule has 1 amide bonds. The number of methoxy groups -OCH3 is 2. The lowest BCUT2D eigenvalue weighted by Gasteiger charge is -2.30. The summed E-state index contributed by atoms with van der Waals surface area (Å²) in [6.45, 7) is 3.80. The average Bonchev–Trinajstić information content (AvgIpc) is 3.24. The van der Waals surface area contributed by atoms with Crippen molar-refractivity contribution >= 4 is 5.91 Å². The summed E-state index contributed by atoms with van der Waals surface area (Å²) in [5.41, 5.74) is 2.91. The highest BCUT2D eigenvalue weighted by Gasteiger charge is 2.26. The molecule has 1 fully saturated rings. The van der Waals surface area contributed by atoms with Gasteiger partial charge in [0.05, 0.1) is 25.6 Å². The fourth-order valence-corrected chi connectivity index (χ4v) is 3.81. The van der Waals surface area contributed by atoms with Crippen LogP contribution < -0.4 is 9.47 Å². The number of hydrogen-bond acceptors (Lipinski definition) is 4. The van der Waals surface area contributed by atoms with Crippen LogP contribution in [-0.4, -0.2) is 47.9 Å². The van der Waals surface area contributed by atoms with Crippen LogP contribution in [0.1, 0.15) is 30.3 Å². The van der Waals surface area contributed by atoms with E-state index in [2.05, 4.69) is 6.92 Å². The summed E-state index contributed by atoms with van der Waals surface area (Å²) in [7, 11) is 3.24. The van der Waals surface area contributed by atoms with E-state index in [9.17, 15) is 4.79 Å². The van der Waals surface area contributed by atoms with E-state index in [0.29, 0.717) is 28.8 Å². The zero-order valence-corrected chi connectivity index (χ0v) is 17.7. The molecule has 1 aliphatic heterocycles. The van der Waals surface area contributed by atoms with E-state index in [1.807, 2.05) is 59.5 Å². The van der Waals surface area contributed by atoms with Crippen LogP contribution in [0, 0.1) is 5.92 Å². The maximum absolute atomic E-state index is 13.4. The summed E-state index contributed by atoms with van der Waals surface area (Å²) in [6, 6.07) is 17.2. The molecule has 156 valence electrons. The van der Waals surface area contributed by atoms with Crippen LogP contribution >= 0.6 is 0 Å². The topological polar surface area (TPSA) is 56.6 Å². The Balaban J connectivity index is 1.78. The fourth-order valence-electron chi connectivity index (χ4n) is 3.81. The third-order valence-electron chi connectivity index (χ3n) is 5.68. The first-order chi connectivity index (χ1) is 14.6. The molecular weight excluding hydrogens is 378 g/mol. The van der Waals surface area contributed by atoms with E-state index < -0.39 is 0 Å². The smallest absolute Gasteiger partial charge is 0.272 e. The van der Waals surface area contributed by atoms with Crippen LogP contribution in [0.25, 0.3) is 16.9 Å². The van der Waals surface area contributed by atoms with E-state index in [1.165, 1.54) is 0 Å². The summed E-state index contributed by atoms with van der Waals surface area (Å²) in [5, 5.41) is 4.79. The molecule has 4 rings (SSSR count). The molecule has 6 nitrogen and oxygen atoms in total. The van der Waals surface area contributed by atoms with Crippen LogP contribution in [0.5, 0.6) is 11.5 Å². The van der Waals surface area contributed by atoms with Crippen LogP contribution in [0.15, 0.2) is 54.6 Å². The van der Waals surface area contributed by atoms with Crippen LogP contribution in [-0.2, 0) is 0 Å². The number of amides is 1. The van der Waals surface area contributed by atoms with E-state index in [-0.39, 0.29) is 5.91 Å². The van der Waals surface area contributed by atoms with Gasteiger partial charge in [0.1, 0.15) is 17.2 Å². The molecule has 0 saturated carbocycles. The Hall–Kier alpha value is -3.28. The molecule has 1 saturated heterocycles. The molecule has 1 aromatic heterocycles. The molecule has 0 atom stereocenters. The quantitative estimate of drug-likeness (QED) is 0.630. The maximum Gasteiger partial charge on any atom is 0.272 e. The summed E-state index contributed by atoms with van der Waals surface area (Å²) < 4.78 is 12.6. The van der Waals surface area contributed by atoms with Crippen molar-refractivity contribution in [2.45, 2.75) is 19.8 Å². The number of benzene rings is 2. The van der Waals surface area contributed by atoms with Gasteiger partial charge in [-0.2, -0.15) is 5.10 Å². The lowest BCUT2D eigenvalue weighted by Crippen LogP contribution is -2.38. The van der Waals surface area contributed by atoms with E-state index in [1.54, 1.807) is 18.9 Å². The van der Waals surface area contributed by atoms with E-state index >= 15 is 0 Å². The SMILES string of the molecule is COc1ccc(-c2cc(C(=O)N3CCC(C)CC3)n(-c3ccccc3)n2)c(OC)c1. The molecule has 0 aliphatic carbocycles. The molecular formula is C24H27N3O3. The molecule has 0 N–H and O–H groups in total. The molecule has 1 aliphatic rings. The summed E-state index contributed by atoms with van der Waals surface area (Å²) >= 11 is 0. The second-order valence-corrected chi connectivity index (χ2v) is 7.70. The monoisotopic (exact) mass is 405 g/mol. The first kappa shape index (κ1) is 20.0. The van der Waals surface area contributed by atoms with Gasteiger partial charge in [-0.1, -0.05) is 25.1 Å². The molecule has 0 unspecified atom stereocenters. The van der Waals surface area contributed by atoms with Gasteiger partial charge in [0.15, 0.2) is 0 Å². The Morgan fingerprint density at radius 2 is 1.73 bits per heavy atom. The van der Waals surface area contributed by atoms with Crippen molar-refractivity contribution in [1.82, 2.24) is 14.7 Å². The minimum atomic E-state index is 0.0111. The Kier molecular flexibility index (Phi) is 5.74. The van der Waals surface area contributed by atoms with Gasteiger partial charge in [0.25, 0.3) is 5.91 Å². The maximum atomic E-state index is 13.4. The highest BCUT2D eigenvalue weighted by atomic mass is 16.5. The van der Waals surface area contributed by atoms with Crippen LogP contribution in [0.3, 0.4) is 0 Å². The number of hydrogen-bond donors (Lipinski definition) is 0. The summed E-state index contributed by atoms with van der Waals surface area (Å²) in [6.07, 6.45) is 2.06. The van der Waals surface area contributed by atoms with Crippen molar-refractivity contribution in [3.63, 3.8) is 0 Å². The minimum Gasteiger partial charge on any atom is -0.497 e. The number of nitrogens with zero attached hydrogens (tertiary/aromatic N) is 3. The number of aromatic nitrogens is 2. The molecule has 3 aromatic rings. The summed E-state index contributed by atoms with van der Waals surface area (Å²) in [4.78, 5) is 15.3. The standard InChI is InChI=1S/C24H27N3O3/c1-17-11-13-26(14-12-17)24(28)22-16-21(25-27(22)18-7-5-4-6-8-18)20-10-9-19(29-2)15-23(20)30-3/h4-10,15-17H,11-14H2,1-3H3. The molecule has 0 spiro atoms. The van der Waals surface area contributed by atoms with Gasteiger partial charge in [0, 0.05) is 24.7 Å². The Morgan fingerprint density at radius 1 is 1.00 bits per heavy atom. The molecule has 0 bridgehead atoms. The van der Waals surface area contributed by atoms with Crippen molar-refractivity contribution in [3.8, 4) is 28.4 Å². The van der Waals surface area contributed by atoms with Crippen LogP contribution in [0.4, 0.5) is 0 Å². The largest absolute Gasteiger partial charge is 0.497 e. The van der Waals surface area contributed by atoms with Gasteiger partial charge in [-0.25, -0.2) is 4.68 Å². The second kappa shape index (κ2) is 8.61. The molecule has 6 heteroatoms. The first-order valence-electron chi connectivity index (χ1n) is 10.3. The van der Waals surface area contributed by atoms with Gasteiger partial charge in [-0.3, -0.25) is 4.79 Å². The highest BCUT2D eigenvalue weighted by Crippen LogP contribution is 2.34. The number of carbonyl (C=O) groups is 1. The summed E-state index contributed by atoms with van der Waals surface area (Å²) in [5.74, 6) is 2.03. The number of para-hydroxylation sites is 1. The number of carbonyl (C=O) groups excluding carboxylic acids is 1. The minimum absolute atomic E-state index is 0.0111. The van der Waals surface area contributed by atoms with Gasteiger partial charge in [0.2, 0.25) is 0 Å². The number of ether oxygens (including phenoxy) is 2. The normalized spacial score (nSPS) is 14.6. The lowest BCUT2D eigenvalue weighted by molar-refractivity contribution is 0.0688. The third-order valence-corrected chi connectivity index (χ3v) is 5.68. The molecule has 2 aromatic carbocycles. The van der Waals surface area contributed by atoms with Crippen molar-refractivity contribution in [1.29, 1.82) is 0 Å². The van der Waals surface area contributed by atoms with Crippen LogP contribution in [0.2, 0.25) is 0 Å². The second-order valence-electron chi connectivity index (χ2n) is 7.70. The molecule has 30 heavy (non-hydrogen) atoms. The van der Waals surface area contributed by atoms with Crippen molar-refractivity contribution in [2.24, 2.45) is 5.92 Å². The number of rotatable bonds is 5. The Morgan fingerprint density at radius 3 is 2.40 bits per heavy atom. The van der Waals surface area contributed by atoms with Crippen molar-refractivity contribution in [2.75, 3.05) is 27.3 Å². The predicted molar refractivity (Wildman–Crippen MR) is 116 cm³/mol. The molecule has 0 radical (unpaired) electrons. The Bertz CT molecular complexity index is 1020. The third kappa shape index (κ3) is 3.90. The number of likely N-dealkylation sites (tertiary alicyclic amines) is 1. The van der Waals surface area contributed by atoms with E-state index in [0.717, 1.165) is 37.2 Å². The fraction of sp³-hybridized carbons (Fsp3) is 0.333. The van der Waals surface area contributed by atoms with Gasteiger partial charge in [-0.05, 0) is 49.1 Å². The van der Waals surface area contributed by atoms with Gasteiger partial charge in [-0.15, -0.1) is 0 Å². The Labute approximate surface area is 177 Å². The van der Waals surface area contributed by atoms with E-state index in [4.69, 9.17) is 14.6 Å². The molecule has 2 heterocycles. The van der Waals surface area contributed by atoms with Gasteiger partial charge < -0.3 is 14.4 Å². The van der Waals surface area contributed by atoms with Crippen molar-refractivity contribution in [3.05, 3.63) is 60.3 Å². The van der Waals surface area contributed by atoms with Gasteiger partial charge >= 0.3 is 0 Å². The predicted octanol–water partition coefficient (Wildman–Crippen LogP) is 4.43. The lowest BCUT2D eigenvalue weighted by atomic mass is 9.99. The zero-order chi connectivity index (χ0) is 21.1.